The first-order chi connectivity index (χ1) is 5.38. The SMILES string of the molecule is C=CC1=C(/C=C\C)CCCO1. The molecule has 1 heteroatoms. The van der Waals surface area contributed by atoms with Crippen LogP contribution in [0.15, 0.2) is 36.1 Å². The molecule has 0 saturated carbocycles. The van der Waals surface area contributed by atoms with Crippen LogP contribution in [0.2, 0.25) is 0 Å². The summed E-state index contributed by atoms with van der Waals surface area (Å²) in [5.41, 5.74) is 1.27. The highest BCUT2D eigenvalue weighted by Gasteiger charge is 2.07. The largest absolute Gasteiger partial charge is 0.493 e. The van der Waals surface area contributed by atoms with Gasteiger partial charge in [-0.1, -0.05) is 18.7 Å². The van der Waals surface area contributed by atoms with E-state index in [1.165, 1.54) is 5.57 Å². The predicted octanol–water partition coefficient (Wildman–Crippen LogP) is 2.81. The van der Waals surface area contributed by atoms with E-state index in [1.54, 1.807) is 6.08 Å². The Hall–Kier alpha value is -0.980. The zero-order chi connectivity index (χ0) is 8.10. The summed E-state index contributed by atoms with van der Waals surface area (Å²) in [6.07, 6.45) is 8.15. The molecule has 60 valence electrons. The number of allylic oxidation sites excluding steroid dienone is 4. The normalized spacial score (nSPS) is 18.6. The summed E-state index contributed by atoms with van der Waals surface area (Å²) in [6.45, 7) is 6.55. The average molecular weight is 150 g/mol. The molecule has 0 bridgehead atoms. The van der Waals surface area contributed by atoms with Gasteiger partial charge in [0.1, 0.15) is 5.76 Å². The monoisotopic (exact) mass is 150 g/mol. The zero-order valence-electron chi connectivity index (χ0n) is 6.97. The first-order valence-electron chi connectivity index (χ1n) is 3.99. The third kappa shape index (κ3) is 1.97. The van der Waals surface area contributed by atoms with Gasteiger partial charge in [0.25, 0.3) is 0 Å². The molecule has 0 amide bonds. The Morgan fingerprint density at radius 1 is 1.55 bits per heavy atom. The Kier molecular flexibility index (Phi) is 2.96. The maximum absolute atomic E-state index is 5.40. The lowest BCUT2D eigenvalue weighted by Crippen LogP contribution is -2.03. The zero-order valence-corrected chi connectivity index (χ0v) is 6.97. The van der Waals surface area contributed by atoms with E-state index in [0.29, 0.717) is 0 Å². The van der Waals surface area contributed by atoms with Crippen LogP contribution in [-0.2, 0) is 4.74 Å². The van der Waals surface area contributed by atoms with Crippen LogP contribution >= 0.6 is 0 Å². The fourth-order valence-corrected chi connectivity index (χ4v) is 1.22. The smallest absolute Gasteiger partial charge is 0.121 e. The summed E-state index contributed by atoms with van der Waals surface area (Å²) < 4.78 is 5.40. The van der Waals surface area contributed by atoms with Crippen LogP contribution in [0.3, 0.4) is 0 Å². The van der Waals surface area contributed by atoms with Crippen LogP contribution in [0.5, 0.6) is 0 Å². The van der Waals surface area contributed by atoms with Gasteiger partial charge in [-0.05, 0) is 31.4 Å². The van der Waals surface area contributed by atoms with Crippen LogP contribution in [0.25, 0.3) is 0 Å². The van der Waals surface area contributed by atoms with Crippen molar-refractivity contribution in [2.45, 2.75) is 19.8 Å². The van der Waals surface area contributed by atoms with E-state index in [2.05, 4.69) is 12.7 Å². The van der Waals surface area contributed by atoms with Crippen molar-refractivity contribution in [3.05, 3.63) is 36.1 Å². The summed E-state index contributed by atoms with van der Waals surface area (Å²) >= 11 is 0. The standard InChI is InChI=1S/C10H14O/c1-3-6-9-7-5-8-11-10(9)4-2/h3-4,6H,2,5,7-8H2,1H3/b6-3-. The average Bonchev–Trinajstić information content (AvgIpc) is 2.06. The molecule has 1 aliphatic rings. The van der Waals surface area contributed by atoms with Crippen LogP contribution in [0.1, 0.15) is 19.8 Å². The first-order valence-corrected chi connectivity index (χ1v) is 3.99. The molecule has 0 aliphatic carbocycles. The first kappa shape index (κ1) is 8.12. The summed E-state index contributed by atoms with van der Waals surface area (Å²) in [6, 6.07) is 0. The molecule has 0 saturated heterocycles. The minimum atomic E-state index is 0.836. The van der Waals surface area contributed by atoms with Crippen molar-refractivity contribution in [3.63, 3.8) is 0 Å². The number of hydrogen-bond acceptors (Lipinski definition) is 1. The molecule has 0 atom stereocenters. The molecular weight excluding hydrogens is 136 g/mol. The molecule has 0 spiro atoms. The third-order valence-electron chi connectivity index (χ3n) is 1.72. The number of ether oxygens (including phenoxy) is 1. The Morgan fingerprint density at radius 2 is 2.36 bits per heavy atom. The van der Waals surface area contributed by atoms with Gasteiger partial charge in [0.05, 0.1) is 6.61 Å². The van der Waals surface area contributed by atoms with Gasteiger partial charge in [0.15, 0.2) is 0 Å². The molecule has 1 aliphatic heterocycles. The summed E-state index contributed by atoms with van der Waals surface area (Å²) in [5.74, 6) is 0.953. The summed E-state index contributed by atoms with van der Waals surface area (Å²) in [4.78, 5) is 0. The number of rotatable bonds is 2. The Morgan fingerprint density at radius 3 is 3.00 bits per heavy atom. The molecule has 11 heavy (non-hydrogen) atoms. The lowest BCUT2D eigenvalue weighted by atomic mass is 10.1. The van der Waals surface area contributed by atoms with E-state index in [4.69, 9.17) is 4.74 Å². The Labute approximate surface area is 68.1 Å². The molecule has 1 heterocycles. The second-order valence-electron chi connectivity index (χ2n) is 2.55. The van der Waals surface area contributed by atoms with Gasteiger partial charge in [-0.2, -0.15) is 0 Å². The molecular formula is C10H14O. The van der Waals surface area contributed by atoms with Crippen LogP contribution < -0.4 is 0 Å². The highest BCUT2D eigenvalue weighted by Crippen LogP contribution is 2.20. The van der Waals surface area contributed by atoms with Crippen molar-refractivity contribution in [1.82, 2.24) is 0 Å². The maximum Gasteiger partial charge on any atom is 0.121 e. The lowest BCUT2D eigenvalue weighted by Gasteiger charge is -2.16. The van der Waals surface area contributed by atoms with E-state index in [9.17, 15) is 0 Å². The van der Waals surface area contributed by atoms with Crippen LogP contribution in [-0.4, -0.2) is 6.61 Å². The fourth-order valence-electron chi connectivity index (χ4n) is 1.22. The third-order valence-corrected chi connectivity index (χ3v) is 1.72. The van der Waals surface area contributed by atoms with E-state index >= 15 is 0 Å². The maximum atomic E-state index is 5.40. The van der Waals surface area contributed by atoms with Gasteiger partial charge in [-0.15, -0.1) is 0 Å². The van der Waals surface area contributed by atoms with E-state index in [-0.39, 0.29) is 0 Å². The van der Waals surface area contributed by atoms with Gasteiger partial charge in [-0.3, -0.25) is 0 Å². The van der Waals surface area contributed by atoms with Gasteiger partial charge in [-0.25, -0.2) is 0 Å². The van der Waals surface area contributed by atoms with E-state index in [1.807, 2.05) is 13.0 Å². The number of hydrogen-bond donors (Lipinski definition) is 0. The van der Waals surface area contributed by atoms with Crippen LogP contribution in [0, 0.1) is 0 Å². The molecule has 0 aromatic heterocycles. The van der Waals surface area contributed by atoms with Crippen molar-refractivity contribution >= 4 is 0 Å². The van der Waals surface area contributed by atoms with Crippen LogP contribution in [0.4, 0.5) is 0 Å². The summed E-state index contributed by atoms with van der Waals surface area (Å²) in [5, 5.41) is 0. The minimum absolute atomic E-state index is 0.836. The molecule has 0 unspecified atom stereocenters. The second kappa shape index (κ2) is 4.02. The quantitative estimate of drug-likeness (QED) is 0.588. The second-order valence-corrected chi connectivity index (χ2v) is 2.55. The minimum Gasteiger partial charge on any atom is -0.493 e. The van der Waals surface area contributed by atoms with Crippen molar-refractivity contribution in [1.29, 1.82) is 0 Å². The van der Waals surface area contributed by atoms with E-state index < -0.39 is 0 Å². The molecule has 0 fully saturated rings. The van der Waals surface area contributed by atoms with Crippen molar-refractivity contribution in [2.75, 3.05) is 6.61 Å². The predicted molar refractivity (Wildman–Crippen MR) is 47.2 cm³/mol. The Balaban J connectivity index is 2.81. The molecule has 0 aromatic carbocycles. The lowest BCUT2D eigenvalue weighted by molar-refractivity contribution is 0.202. The molecule has 0 N–H and O–H groups in total. The fraction of sp³-hybridized carbons (Fsp3) is 0.400. The molecule has 0 radical (unpaired) electrons. The topological polar surface area (TPSA) is 9.23 Å². The van der Waals surface area contributed by atoms with Gasteiger partial charge < -0.3 is 4.74 Å². The highest BCUT2D eigenvalue weighted by molar-refractivity contribution is 5.29. The summed E-state index contributed by atoms with van der Waals surface area (Å²) in [7, 11) is 0. The van der Waals surface area contributed by atoms with Gasteiger partial charge >= 0.3 is 0 Å². The van der Waals surface area contributed by atoms with Crippen molar-refractivity contribution in [2.24, 2.45) is 0 Å². The van der Waals surface area contributed by atoms with Crippen molar-refractivity contribution < 1.29 is 4.74 Å². The van der Waals surface area contributed by atoms with Crippen molar-refractivity contribution in [3.8, 4) is 0 Å². The Bertz CT molecular complexity index is 199. The van der Waals surface area contributed by atoms with Gasteiger partial charge in [0.2, 0.25) is 0 Å². The van der Waals surface area contributed by atoms with E-state index in [0.717, 1.165) is 25.2 Å². The van der Waals surface area contributed by atoms with Gasteiger partial charge in [0, 0.05) is 0 Å². The molecule has 0 aromatic rings. The molecule has 1 rings (SSSR count). The molecule has 1 nitrogen and oxygen atoms in total. The highest BCUT2D eigenvalue weighted by atomic mass is 16.5.